The first-order chi connectivity index (χ1) is 26.2. The van der Waals surface area contributed by atoms with Gasteiger partial charge in [0.25, 0.3) is 11.7 Å². The van der Waals surface area contributed by atoms with Crippen LogP contribution in [0.3, 0.4) is 0 Å². The Kier molecular flexibility index (Phi) is 14.2. The van der Waals surface area contributed by atoms with Crippen LogP contribution >= 0.6 is 11.8 Å². The summed E-state index contributed by atoms with van der Waals surface area (Å²) in [5.41, 5.74) is -0.0195. The summed E-state index contributed by atoms with van der Waals surface area (Å²) in [6, 6.07) is 0. The Morgan fingerprint density at radius 1 is 0.964 bits per heavy atom. The number of aliphatic hydroxyl groups is 2. The van der Waals surface area contributed by atoms with E-state index in [1.54, 1.807) is 46.8 Å². The van der Waals surface area contributed by atoms with Gasteiger partial charge in [0.05, 0.1) is 40.4 Å². The number of fused-ring (bicyclic) bond motifs is 14. The molecule has 1 amide bonds. The van der Waals surface area contributed by atoms with Crippen molar-refractivity contribution in [1.29, 1.82) is 0 Å². The maximum Gasteiger partial charge on any atom is 0.312 e. The number of rotatable bonds is 6. The zero-order valence-electron chi connectivity index (χ0n) is 33.9. The molecule has 0 aliphatic carbocycles. The summed E-state index contributed by atoms with van der Waals surface area (Å²) in [5, 5.41) is 60.3. The van der Waals surface area contributed by atoms with Gasteiger partial charge in [-0.3, -0.25) is 14.4 Å². The van der Waals surface area contributed by atoms with Gasteiger partial charge in [0.15, 0.2) is 5.75 Å². The Hall–Kier alpha value is -4.28. The van der Waals surface area contributed by atoms with Crippen LogP contribution in [0.25, 0.3) is 10.8 Å². The van der Waals surface area contributed by atoms with Gasteiger partial charge in [0.1, 0.15) is 29.0 Å². The number of hydrogen-bond donors (Lipinski definition) is 6. The number of Topliss-reactive ketones (excluding diaryl/α,β-unsaturated/α-hetero) is 1. The number of amides is 1. The Balaban J connectivity index is 1.95. The predicted octanol–water partition coefficient (Wildman–Crippen LogP) is 5.41. The molecule has 0 radical (unpaired) electrons. The van der Waals surface area contributed by atoms with Gasteiger partial charge in [-0.2, -0.15) is 0 Å². The first-order valence-electron chi connectivity index (χ1n) is 18.5. The minimum absolute atomic E-state index is 0.0634. The van der Waals surface area contributed by atoms with Crippen molar-refractivity contribution in [2.24, 2.45) is 23.7 Å². The summed E-state index contributed by atoms with van der Waals surface area (Å²) in [6.45, 7) is 13.1. The Morgan fingerprint density at radius 2 is 1.62 bits per heavy atom. The number of allylic oxidation sites excluding steroid dienone is 2. The molecule has 5 rings (SSSR count). The van der Waals surface area contributed by atoms with Crippen molar-refractivity contribution in [1.82, 2.24) is 4.90 Å². The molecule has 0 spiro atoms. The molecule has 5 bridgehead atoms. The lowest BCUT2D eigenvalue weighted by molar-refractivity contribution is -0.160. The number of nitrogens with zero attached hydrogens (tertiary/aromatic N) is 1. The van der Waals surface area contributed by atoms with Crippen LogP contribution in [0.15, 0.2) is 41.0 Å². The first kappa shape index (κ1) is 44.4. The van der Waals surface area contributed by atoms with Gasteiger partial charge in [-0.25, -0.2) is 0 Å². The van der Waals surface area contributed by atoms with Gasteiger partial charge in [-0.1, -0.05) is 45.9 Å². The molecule has 9 unspecified atom stereocenters. The second-order valence-electron chi connectivity index (χ2n) is 15.2. The fraction of sp³-hybridized carbons (Fsp3) is 0.537. The maximum absolute atomic E-state index is 14.3. The van der Waals surface area contributed by atoms with Crippen LogP contribution in [0, 0.1) is 30.6 Å². The standard InChI is InChI=1S/C41H56N2O12S/c1-19-13-12-14-20(2)40(51)42-30-34(48)28-27(35(49)38(30)56-18-16-43(9)10)29-37(24(6)33(28)47)55-41(8,39(29)50)53-17-15-26(52-11)21(3)36(54-25(7)44)23(5)32(46)22(4)31(19)45/h12-15,17,19,21-23,26,31-32,36,45-49H,16,18H2,1-11H3,(H,42,51)/b13-12+,17-15+,20-14+. The fourth-order valence-electron chi connectivity index (χ4n) is 7.17. The third-order valence-corrected chi connectivity index (χ3v) is 11.8. The van der Waals surface area contributed by atoms with E-state index in [9.17, 15) is 39.9 Å². The number of phenols is 3. The van der Waals surface area contributed by atoms with E-state index in [0.29, 0.717) is 12.3 Å². The van der Waals surface area contributed by atoms with E-state index >= 15 is 0 Å². The molecule has 3 aliphatic heterocycles. The number of esters is 1. The van der Waals surface area contributed by atoms with E-state index < -0.39 is 88.8 Å². The highest BCUT2D eigenvalue weighted by atomic mass is 32.2. The number of aromatic hydroxyl groups is 3. The number of nitrogens with one attached hydrogen (secondary N) is 1. The van der Waals surface area contributed by atoms with Crippen molar-refractivity contribution in [3.8, 4) is 23.0 Å². The molecule has 3 heterocycles. The Labute approximate surface area is 332 Å². The quantitative estimate of drug-likeness (QED) is 0.0937. The summed E-state index contributed by atoms with van der Waals surface area (Å²) in [4.78, 5) is 42.2. The first-order valence-corrected chi connectivity index (χ1v) is 19.5. The minimum atomic E-state index is -2.01. The van der Waals surface area contributed by atoms with Crippen LogP contribution in [0.5, 0.6) is 23.0 Å². The van der Waals surface area contributed by atoms with Gasteiger partial charge in [0.2, 0.25) is 0 Å². The molecule has 0 fully saturated rings. The third kappa shape index (κ3) is 8.81. The number of anilines is 1. The van der Waals surface area contributed by atoms with E-state index in [2.05, 4.69) is 5.32 Å². The lowest BCUT2D eigenvalue weighted by Gasteiger charge is -2.38. The van der Waals surface area contributed by atoms with Crippen LogP contribution in [-0.4, -0.2) is 112 Å². The van der Waals surface area contributed by atoms with Crippen molar-refractivity contribution >= 4 is 45.9 Å². The topological polar surface area (TPSA) is 205 Å². The third-order valence-electron chi connectivity index (χ3n) is 10.7. The van der Waals surface area contributed by atoms with Gasteiger partial charge in [0, 0.05) is 73.4 Å². The molecule has 9 atom stereocenters. The number of phenolic OH excluding ortho intramolecular Hbond substituents is 3. The predicted molar refractivity (Wildman–Crippen MR) is 213 cm³/mol. The van der Waals surface area contributed by atoms with Crippen molar-refractivity contribution < 1.29 is 58.9 Å². The number of carbonyl (C=O) groups excluding carboxylic acids is 3. The van der Waals surface area contributed by atoms with E-state index in [1.165, 1.54) is 46.3 Å². The number of hydrogen-bond acceptors (Lipinski definition) is 14. The number of ketones is 1. The van der Waals surface area contributed by atoms with Crippen LogP contribution in [-0.2, 0) is 23.8 Å². The average molecular weight is 801 g/mol. The summed E-state index contributed by atoms with van der Waals surface area (Å²) < 4.78 is 23.5. The number of thioether (sulfide) groups is 1. The van der Waals surface area contributed by atoms with Crippen LogP contribution in [0.2, 0.25) is 0 Å². The number of carbonyl (C=O) groups is 3. The number of benzene rings is 2. The highest BCUT2D eigenvalue weighted by Gasteiger charge is 2.50. The molecule has 56 heavy (non-hydrogen) atoms. The minimum Gasteiger partial charge on any atom is -0.507 e. The fourth-order valence-corrected chi connectivity index (χ4v) is 8.36. The second kappa shape index (κ2) is 17.9. The average Bonchev–Trinajstić information content (AvgIpc) is 3.41. The monoisotopic (exact) mass is 800 g/mol. The lowest BCUT2D eigenvalue weighted by atomic mass is 9.78. The molecule has 14 nitrogen and oxygen atoms in total. The molecule has 0 aromatic heterocycles. The van der Waals surface area contributed by atoms with Gasteiger partial charge in [-0.05, 0) is 34.0 Å². The summed E-state index contributed by atoms with van der Waals surface area (Å²) >= 11 is 1.13. The van der Waals surface area contributed by atoms with Gasteiger partial charge >= 0.3 is 11.8 Å². The zero-order valence-corrected chi connectivity index (χ0v) is 34.7. The van der Waals surface area contributed by atoms with Crippen molar-refractivity contribution in [3.05, 3.63) is 47.3 Å². The number of ether oxygens (including phenoxy) is 4. The molecular weight excluding hydrogens is 745 g/mol. The highest BCUT2D eigenvalue weighted by molar-refractivity contribution is 7.99. The molecule has 3 aliphatic rings. The number of aliphatic hydroxyl groups excluding tert-OH is 2. The normalized spacial score (nSPS) is 31.1. The molecule has 2 aromatic carbocycles. The molecule has 2 aromatic rings. The Bertz CT molecular complexity index is 1930. The number of methoxy groups -OCH3 is 1. The molecule has 0 saturated heterocycles. The highest BCUT2D eigenvalue weighted by Crippen LogP contribution is 2.57. The van der Waals surface area contributed by atoms with Crippen LogP contribution in [0.1, 0.15) is 64.4 Å². The molecule has 308 valence electrons. The summed E-state index contributed by atoms with van der Waals surface area (Å²) in [5.74, 6) is -7.55. The lowest BCUT2D eigenvalue weighted by Crippen LogP contribution is -2.46. The maximum atomic E-state index is 14.3. The second-order valence-corrected chi connectivity index (χ2v) is 16.3. The largest absolute Gasteiger partial charge is 0.507 e. The van der Waals surface area contributed by atoms with E-state index in [4.69, 9.17) is 18.9 Å². The van der Waals surface area contributed by atoms with Crippen LogP contribution in [0.4, 0.5) is 5.69 Å². The SMILES string of the molecule is COC1/C=C/OC2(C)Oc3c(C)c(O)c4c(O)c(c(SCCN(C)C)c(O)c4c3C2=O)NC(=O)/C(C)=C/C=C/C(C)C(O)C(C)C(O)C(C)C(OC(C)=O)C1C. The summed E-state index contributed by atoms with van der Waals surface area (Å²) in [7, 11) is 5.17. The van der Waals surface area contributed by atoms with Crippen molar-refractivity contribution in [2.75, 3.05) is 38.8 Å². The molecule has 15 heteroatoms. The molecule has 6 N–H and O–H groups in total. The van der Waals surface area contributed by atoms with Crippen molar-refractivity contribution in [3.63, 3.8) is 0 Å². The van der Waals surface area contributed by atoms with Crippen molar-refractivity contribution in [2.45, 2.75) is 90.5 Å². The van der Waals surface area contributed by atoms with Gasteiger partial charge in [-0.15, -0.1) is 11.8 Å². The Morgan fingerprint density at radius 3 is 2.23 bits per heavy atom. The van der Waals surface area contributed by atoms with Crippen LogP contribution < -0.4 is 10.1 Å². The van der Waals surface area contributed by atoms with E-state index in [-0.39, 0.29) is 43.8 Å². The smallest absolute Gasteiger partial charge is 0.312 e. The van der Waals surface area contributed by atoms with E-state index in [1.807, 2.05) is 19.0 Å². The molecular formula is C41H56N2O12S. The van der Waals surface area contributed by atoms with E-state index in [0.717, 1.165) is 11.8 Å². The molecule has 0 saturated carbocycles. The van der Waals surface area contributed by atoms with Gasteiger partial charge < -0.3 is 54.7 Å². The zero-order chi connectivity index (χ0) is 42.0. The summed E-state index contributed by atoms with van der Waals surface area (Å²) in [6.07, 6.45) is 3.67.